The lowest BCUT2D eigenvalue weighted by molar-refractivity contribution is 0.197. The summed E-state index contributed by atoms with van der Waals surface area (Å²) in [6.07, 6.45) is 0.208. The molecule has 0 saturated heterocycles. The second-order valence-corrected chi connectivity index (χ2v) is 5.08. The predicted molar refractivity (Wildman–Crippen MR) is 81.1 cm³/mol. The molecule has 0 aliphatic heterocycles. The molecule has 0 atom stereocenters. The molecule has 2 aromatic heterocycles. The second kappa shape index (κ2) is 4.57. The molecule has 0 amide bonds. The molecule has 2 heterocycles. The van der Waals surface area contributed by atoms with Crippen molar-refractivity contribution in [2.24, 2.45) is 0 Å². The highest BCUT2D eigenvalue weighted by atomic mass is 19.1. The fraction of sp³-hybridized carbons (Fsp3) is 0. The molecule has 0 fully saturated rings. The van der Waals surface area contributed by atoms with Crippen LogP contribution in [0.25, 0.3) is 33.1 Å². The van der Waals surface area contributed by atoms with Crippen molar-refractivity contribution in [1.82, 2.24) is 9.55 Å². The van der Waals surface area contributed by atoms with E-state index in [4.69, 9.17) is 4.42 Å². The van der Waals surface area contributed by atoms with Crippen LogP contribution in [0.4, 0.5) is 9.18 Å². The maximum atomic E-state index is 13.4. The van der Waals surface area contributed by atoms with Gasteiger partial charge < -0.3 is 9.52 Å². The van der Waals surface area contributed by atoms with Gasteiger partial charge in [-0.3, -0.25) is 9.55 Å². The Labute approximate surface area is 127 Å². The molecular weight excluding hydrogens is 303 g/mol. The number of fused-ring (bicyclic) bond motifs is 2. The zero-order chi connectivity index (χ0) is 16.1. The Hall–Kier alpha value is -3.35. The number of carboxylic acid groups (broad SMARTS) is 1. The summed E-state index contributed by atoms with van der Waals surface area (Å²) >= 11 is 0. The molecule has 0 radical (unpaired) electrons. The molecule has 114 valence electrons. The number of hydrogen-bond donors (Lipinski definition) is 2. The van der Waals surface area contributed by atoms with E-state index in [1.165, 1.54) is 24.4 Å². The van der Waals surface area contributed by atoms with Crippen LogP contribution in [-0.4, -0.2) is 20.8 Å². The Morgan fingerprint density at radius 3 is 2.83 bits per heavy atom. The third kappa shape index (κ3) is 2.02. The van der Waals surface area contributed by atoms with Crippen LogP contribution >= 0.6 is 0 Å². The first kappa shape index (κ1) is 13.3. The summed E-state index contributed by atoms with van der Waals surface area (Å²) in [5.74, 6) is -1.08. The average molecular weight is 312 g/mol. The minimum absolute atomic E-state index is 0.253. The van der Waals surface area contributed by atoms with Gasteiger partial charge in [0.2, 0.25) is 0 Å². The minimum atomic E-state index is -1.21. The minimum Gasteiger partial charge on any atom is -0.464 e. The van der Waals surface area contributed by atoms with Crippen molar-refractivity contribution in [3.63, 3.8) is 0 Å². The van der Waals surface area contributed by atoms with Crippen LogP contribution in [0, 0.1) is 5.82 Å². The van der Waals surface area contributed by atoms with E-state index in [0.717, 1.165) is 4.57 Å². The van der Waals surface area contributed by atoms with Gasteiger partial charge in [-0.15, -0.1) is 0 Å². The topological polar surface area (TPSA) is 88.2 Å². The number of aromatic amines is 1. The third-order valence-corrected chi connectivity index (χ3v) is 3.71. The Morgan fingerprint density at radius 1 is 1.22 bits per heavy atom. The van der Waals surface area contributed by atoms with Crippen molar-refractivity contribution in [2.75, 3.05) is 0 Å². The van der Waals surface area contributed by atoms with Crippen molar-refractivity contribution >= 4 is 28.1 Å². The van der Waals surface area contributed by atoms with Gasteiger partial charge >= 0.3 is 11.8 Å². The van der Waals surface area contributed by atoms with E-state index in [0.29, 0.717) is 27.6 Å². The summed E-state index contributed by atoms with van der Waals surface area (Å²) in [6, 6.07) is 9.00. The molecule has 4 rings (SSSR count). The maximum Gasteiger partial charge on any atom is 0.417 e. The first-order valence-electron chi connectivity index (χ1n) is 6.70. The number of H-pyrrole nitrogens is 1. The van der Waals surface area contributed by atoms with Gasteiger partial charge in [0.25, 0.3) is 0 Å². The molecule has 2 N–H and O–H groups in total. The largest absolute Gasteiger partial charge is 0.464 e. The number of oxazole rings is 1. The first-order valence-corrected chi connectivity index (χ1v) is 6.70. The van der Waals surface area contributed by atoms with Crippen LogP contribution in [-0.2, 0) is 0 Å². The Balaban J connectivity index is 2.03. The highest BCUT2D eigenvalue weighted by molar-refractivity contribution is 6.01. The van der Waals surface area contributed by atoms with Gasteiger partial charge in [0.15, 0.2) is 5.58 Å². The summed E-state index contributed by atoms with van der Waals surface area (Å²) in [7, 11) is 0. The average Bonchev–Trinajstić information content (AvgIpc) is 3.05. The standard InChI is InChI=1S/C16H9FN2O4/c17-9-2-3-10-11(7-19(16(21)22)13(10)6-9)8-1-4-12-14(5-8)23-15(20)18-12/h1-7H,(H,18,20)(H,21,22). The number of halogens is 1. The van der Waals surface area contributed by atoms with E-state index in [9.17, 15) is 19.1 Å². The van der Waals surface area contributed by atoms with E-state index in [1.807, 2.05) is 0 Å². The molecule has 7 heteroatoms. The van der Waals surface area contributed by atoms with Crippen LogP contribution in [0.3, 0.4) is 0 Å². The lowest BCUT2D eigenvalue weighted by Gasteiger charge is -1.99. The number of carbonyl (C=O) groups is 1. The number of aromatic nitrogens is 2. The number of nitrogens with zero attached hydrogens (tertiary/aromatic N) is 1. The molecule has 0 spiro atoms. The first-order chi connectivity index (χ1) is 11.0. The lowest BCUT2D eigenvalue weighted by Crippen LogP contribution is -2.05. The third-order valence-electron chi connectivity index (χ3n) is 3.71. The maximum absolute atomic E-state index is 13.4. The fourth-order valence-corrected chi connectivity index (χ4v) is 2.70. The van der Waals surface area contributed by atoms with Gasteiger partial charge in [-0.2, -0.15) is 0 Å². The number of rotatable bonds is 1. The zero-order valence-corrected chi connectivity index (χ0v) is 11.5. The fourth-order valence-electron chi connectivity index (χ4n) is 2.70. The predicted octanol–water partition coefficient (Wildman–Crippen LogP) is 3.41. The van der Waals surface area contributed by atoms with Crippen LogP contribution in [0.5, 0.6) is 0 Å². The van der Waals surface area contributed by atoms with Crippen molar-refractivity contribution in [1.29, 1.82) is 0 Å². The monoisotopic (exact) mass is 312 g/mol. The zero-order valence-electron chi connectivity index (χ0n) is 11.5. The number of hydrogen-bond acceptors (Lipinski definition) is 3. The molecule has 0 unspecified atom stereocenters. The van der Waals surface area contributed by atoms with Crippen molar-refractivity contribution < 1.29 is 18.7 Å². The van der Waals surface area contributed by atoms with E-state index in [-0.39, 0.29) is 5.52 Å². The number of nitrogens with one attached hydrogen (secondary N) is 1. The second-order valence-electron chi connectivity index (χ2n) is 5.08. The van der Waals surface area contributed by atoms with Crippen LogP contribution in [0.1, 0.15) is 0 Å². The molecule has 6 nitrogen and oxygen atoms in total. The van der Waals surface area contributed by atoms with Gasteiger partial charge in [0, 0.05) is 17.1 Å². The van der Waals surface area contributed by atoms with Crippen LogP contribution in [0.15, 0.2) is 51.8 Å². The summed E-state index contributed by atoms with van der Waals surface area (Å²) in [6.45, 7) is 0. The summed E-state index contributed by atoms with van der Waals surface area (Å²) in [5, 5.41) is 9.87. The van der Waals surface area contributed by atoms with Crippen molar-refractivity contribution in [3.05, 3.63) is 59.0 Å². The van der Waals surface area contributed by atoms with Crippen molar-refractivity contribution in [2.45, 2.75) is 0 Å². The van der Waals surface area contributed by atoms with Crippen molar-refractivity contribution in [3.8, 4) is 11.1 Å². The van der Waals surface area contributed by atoms with Gasteiger partial charge in [0.1, 0.15) is 5.82 Å². The SMILES string of the molecule is O=C(O)n1cc(-c2ccc3[nH]c(=O)oc3c2)c2ccc(F)cc21. The Bertz CT molecular complexity index is 1140. The van der Waals surface area contributed by atoms with Crippen LogP contribution in [0.2, 0.25) is 0 Å². The highest BCUT2D eigenvalue weighted by Gasteiger charge is 2.15. The molecule has 4 aromatic rings. The summed E-state index contributed by atoms with van der Waals surface area (Å²) in [5.41, 5.74) is 2.44. The summed E-state index contributed by atoms with van der Waals surface area (Å²) in [4.78, 5) is 25.1. The van der Waals surface area contributed by atoms with E-state index in [2.05, 4.69) is 4.98 Å². The van der Waals surface area contributed by atoms with Crippen LogP contribution < -0.4 is 5.76 Å². The Kier molecular flexibility index (Phi) is 2.65. The van der Waals surface area contributed by atoms with Gasteiger partial charge in [-0.05, 0) is 35.9 Å². The molecule has 23 heavy (non-hydrogen) atoms. The Morgan fingerprint density at radius 2 is 2.04 bits per heavy atom. The molecule has 0 aliphatic carbocycles. The smallest absolute Gasteiger partial charge is 0.417 e. The highest BCUT2D eigenvalue weighted by Crippen LogP contribution is 2.32. The molecular formula is C16H9FN2O4. The van der Waals surface area contributed by atoms with Gasteiger partial charge in [-0.25, -0.2) is 14.0 Å². The molecule has 0 aliphatic rings. The summed E-state index contributed by atoms with van der Waals surface area (Å²) < 4.78 is 19.4. The lowest BCUT2D eigenvalue weighted by atomic mass is 10.0. The quantitative estimate of drug-likeness (QED) is 0.564. The normalized spacial score (nSPS) is 11.3. The molecule has 0 saturated carbocycles. The van der Waals surface area contributed by atoms with Gasteiger partial charge in [-0.1, -0.05) is 6.07 Å². The molecule has 2 aromatic carbocycles. The number of benzene rings is 2. The van der Waals surface area contributed by atoms with E-state index in [1.54, 1.807) is 18.2 Å². The molecule has 0 bridgehead atoms. The van der Waals surface area contributed by atoms with Gasteiger partial charge in [0.05, 0.1) is 11.0 Å². The van der Waals surface area contributed by atoms with E-state index < -0.39 is 17.7 Å². The van der Waals surface area contributed by atoms with E-state index >= 15 is 0 Å².